The molecule has 2 N–H and O–H groups in total. The lowest BCUT2D eigenvalue weighted by atomic mass is 9.81. The minimum absolute atomic E-state index is 0.154. The van der Waals surface area contributed by atoms with E-state index in [1.807, 2.05) is 85.9 Å². The molecule has 0 saturated carbocycles. The zero-order valence-electron chi connectivity index (χ0n) is 16.0. The number of fused-ring (bicyclic) bond motifs is 2. The van der Waals surface area contributed by atoms with Crippen LogP contribution >= 0.6 is 0 Å². The van der Waals surface area contributed by atoms with Gasteiger partial charge in [0.15, 0.2) is 0 Å². The van der Waals surface area contributed by atoms with E-state index in [4.69, 9.17) is 4.74 Å². The number of rotatable bonds is 3. The normalized spacial score (nSPS) is 15.7. The molecule has 1 aromatic heterocycles. The molecule has 2 heterocycles. The summed E-state index contributed by atoms with van der Waals surface area (Å²) in [6.07, 6.45) is 2.00. The lowest BCUT2D eigenvalue weighted by Gasteiger charge is -2.29. The summed E-state index contributed by atoms with van der Waals surface area (Å²) in [5, 5.41) is 4.13. The molecule has 0 bridgehead atoms. The van der Waals surface area contributed by atoms with E-state index < -0.39 is 0 Å². The quantitative estimate of drug-likeness (QED) is 0.486. The van der Waals surface area contributed by atoms with Crippen molar-refractivity contribution in [1.82, 2.24) is 4.98 Å². The fraction of sp³-hybridized carbons (Fsp3) is 0.0800. The van der Waals surface area contributed by atoms with Gasteiger partial charge in [-0.25, -0.2) is 0 Å². The molecule has 0 aliphatic carbocycles. The average molecular weight is 380 g/mol. The molecule has 0 fully saturated rings. The second-order valence-electron chi connectivity index (χ2n) is 7.15. The van der Waals surface area contributed by atoms with Crippen LogP contribution < -0.4 is 10.1 Å². The molecule has 4 heteroatoms. The van der Waals surface area contributed by atoms with E-state index in [0.717, 1.165) is 33.5 Å². The molecule has 142 valence electrons. The predicted octanol–water partition coefficient (Wildman–Crippen LogP) is 5.60. The average Bonchev–Trinajstić information content (AvgIpc) is 3.17. The highest BCUT2D eigenvalue weighted by Crippen LogP contribution is 2.45. The number of allylic oxidation sites excluding steroid dienone is 1. The first-order valence-corrected chi connectivity index (χ1v) is 9.62. The fourth-order valence-corrected chi connectivity index (χ4v) is 4.06. The Bertz CT molecular complexity index is 1240. The Morgan fingerprint density at radius 3 is 2.48 bits per heavy atom. The van der Waals surface area contributed by atoms with Gasteiger partial charge in [0.1, 0.15) is 11.5 Å². The number of hydrogen-bond acceptors (Lipinski definition) is 2. The predicted molar refractivity (Wildman–Crippen MR) is 115 cm³/mol. The van der Waals surface area contributed by atoms with Crippen LogP contribution in [-0.2, 0) is 4.79 Å². The van der Waals surface area contributed by atoms with Crippen LogP contribution in [0.15, 0.2) is 96.4 Å². The standard InChI is InChI=1S/C25H20N2O2/c1-16-23(25(28)27-17-9-3-2-4-10-17)24(19-12-6-8-14-22(19)29-16)20-15-26-21-13-7-5-11-18(20)21/h2-15,24,26H,1H3,(H,27,28). The molecule has 1 aliphatic heterocycles. The number of anilines is 1. The molecule has 1 amide bonds. The number of carbonyl (C=O) groups is 1. The molecule has 5 rings (SSSR count). The zero-order valence-corrected chi connectivity index (χ0v) is 16.0. The molecule has 1 aliphatic rings. The Hall–Kier alpha value is -3.79. The van der Waals surface area contributed by atoms with Crippen LogP contribution in [-0.4, -0.2) is 10.9 Å². The number of aromatic nitrogens is 1. The highest BCUT2D eigenvalue weighted by atomic mass is 16.5. The Morgan fingerprint density at radius 2 is 1.62 bits per heavy atom. The second-order valence-corrected chi connectivity index (χ2v) is 7.15. The van der Waals surface area contributed by atoms with E-state index in [-0.39, 0.29) is 11.8 Å². The van der Waals surface area contributed by atoms with E-state index in [9.17, 15) is 4.79 Å². The van der Waals surface area contributed by atoms with Crippen molar-refractivity contribution in [3.63, 3.8) is 0 Å². The Kier molecular flexibility index (Phi) is 4.17. The maximum Gasteiger partial charge on any atom is 0.255 e. The minimum atomic E-state index is -0.222. The van der Waals surface area contributed by atoms with Crippen LogP contribution in [0.25, 0.3) is 10.9 Å². The largest absolute Gasteiger partial charge is 0.461 e. The number of ether oxygens (including phenoxy) is 1. The van der Waals surface area contributed by atoms with Crippen molar-refractivity contribution in [3.05, 3.63) is 108 Å². The van der Waals surface area contributed by atoms with Crippen LogP contribution in [0.5, 0.6) is 5.75 Å². The summed E-state index contributed by atoms with van der Waals surface area (Å²) in [5.41, 5.74) is 4.48. The van der Waals surface area contributed by atoms with Crippen LogP contribution in [0.1, 0.15) is 24.0 Å². The van der Waals surface area contributed by atoms with Crippen molar-refractivity contribution in [1.29, 1.82) is 0 Å². The van der Waals surface area contributed by atoms with Crippen molar-refractivity contribution in [2.45, 2.75) is 12.8 Å². The van der Waals surface area contributed by atoms with E-state index in [1.54, 1.807) is 0 Å². The van der Waals surface area contributed by atoms with Gasteiger partial charge in [0, 0.05) is 34.3 Å². The number of amides is 1. The van der Waals surface area contributed by atoms with Gasteiger partial charge in [-0.3, -0.25) is 4.79 Å². The van der Waals surface area contributed by atoms with Crippen LogP contribution in [0.2, 0.25) is 0 Å². The molecule has 4 aromatic rings. The highest BCUT2D eigenvalue weighted by molar-refractivity contribution is 6.06. The molecule has 0 saturated heterocycles. The van der Waals surface area contributed by atoms with E-state index in [2.05, 4.69) is 16.4 Å². The molecule has 4 nitrogen and oxygen atoms in total. The van der Waals surface area contributed by atoms with Gasteiger partial charge < -0.3 is 15.0 Å². The summed E-state index contributed by atoms with van der Waals surface area (Å²) >= 11 is 0. The maximum absolute atomic E-state index is 13.4. The molecule has 29 heavy (non-hydrogen) atoms. The number of nitrogens with one attached hydrogen (secondary N) is 2. The van der Waals surface area contributed by atoms with Crippen molar-refractivity contribution in [2.24, 2.45) is 0 Å². The topological polar surface area (TPSA) is 54.1 Å². The first-order valence-electron chi connectivity index (χ1n) is 9.62. The van der Waals surface area contributed by atoms with Gasteiger partial charge in [0.05, 0.1) is 5.57 Å². The third kappa shape index (κ3) is 2.99. The van der Waals surface area contributed by atoms with E-state index >= 15 is 0 Å². The Labute approximate surface area is 168 Å². The number of para-hydroxylation sites is 3. The molecule has 3 aromatic carbocycles. The zero-order chi connectivity index (χ0) is 19.8. The maximum atomic E-state index is 13.4. The first kappa shape index (κ1) is 17.3. The van der Waals surface area contributed by atoms with E-state index in [1.165, 1.54) is 0 Å². The molecular weight excluding hydrogens is 360 g/mol. The summed E-state index contributed by atoms with van der Waals surface area (Å²) < 4.78 is 6.05. The minimum Gasteiger partial charge on any atom is -0.461 e. The fourth-order valence-electron chi connectivity index (χ4n) is 4.06. The molecule has 1 atom stereocenters. The summed E-state index contributed by atoms with van der Waals surface area (Å²) in [7, 11) is 0. The van der Waals surface area contributed by atoms with Crippen molar-refractivity contribution in [2.75, 3.05) is 5.32 Å². The lowest BCUT2D eigenvalue weighted by Crippen LogP contribution is -2.26. The number of carbonyl (C=O) groups excluding carboxylic acids is 1. The second kappa shape index (κ2) is 6.99. The first-order chi connectivity index (χ1) is 14.2. The SMILES string of the molecule is CC1=C(C(=O)Nc2ccccc2)C(c2c[nH]c3ccccc23)c2ccccc2O1. The third-order valence-electron chi connectivity index (χ3n) is 5.37. The number of hydrogen-bond donors (Lipinski definition) is 2. The summed E-state index contributed by atoms with van der Waals surface area (Å²) in [5.74, 6) is 1.03. The summed E-state index contributed by atoms with van der Waals surface area (Å²) in [6.45, 7) is 1.86. The third-order valence-corrected chi connectivity index (χ3v) is 5.37. The van der Waals surface area contributed by atoms with Gasteiger partial charge in [0.25, 0.3) is 5.91 Å². The van der Waals surface area contributed by atoms with Gasteiger partial charge in [-0.15, -0.1) is 0 Å². The monoisotopic (exact) mass is 380 g/mol. The van der Waals surface area contributed by atoms with Gasteiger partial charge in [-0.1, -0.05) is 54.6 Å². The number of H-pyrrole nitrogens is 1. The van der Waals surface area contributed by atoms with Gasteiger partial charge >= 0.3 is 0 Å². The smallest absolute Gasteiger partial charge is 0.255 e. The van der Waals surface area contributed by atoms with E-state index in [0.29, 0.717) is 11.3 Å². The Balaban J connectivity index is 1.66. The van der Waals surface area contributed by atoms with Gasteiger partial charge in [-0.05, 0) is 36.8 Å². The molecule has 0 radical (unpaired) electrons. The van der Waals surface area contributed by atoms with Crippen molar-refractivity contribution >= 4 is 22.5 Å². The molecule has 1 unspecified atom stereocenters. The van der Waals surface area contributed by atoms with Crippen LogP contribution in [0.3, 0.4) is 0 Å². The summed E-state index contributed by atoms with van der Waals surface area (Å²) in [4.78, 5) is 16.7. The molecule has 0 spiro atoms. The summed E-state index contributed by atoms with van der Waals surface area (Å²) in [6, 6.07) is 25.6. The van der Waals surface area contributed by atoms with Gasteiger partial charge in [0.2, 0.25) is 0 Å². The Morgan fingerprint density at radius 1 is 0.897 bits per heavy atom. The number of aromatic amines is 1. The van der Waals surface area contributed by atoms with Crippen molar-refractivity contribution < 1.29 is 9.53 Å². The van der Waals surface area contributed by atoms with Crippen LogP contribution in [0.4, 0.5) is 5.69 Å². The highest BCUT2D eigenvalue weighted by Gasteiger charge is 2.34. The lowest BCUT2D eigenvalue weighted by molar-refractivity contribution is -0.113. The van der Waals surface area contributed by atoms with Crippen LogP contribution in [0, 0.1) is 0 Å². The van der Waals surface area contributed by atoms with Gasteiger partial charge in [-0.2, -0.15) is 0 Å². The number of benzene rings is 3. The van der Waals surface area contributed by atoms with Crippen molar-refractivity contribution in [3.8, 4) is 5.75 Å². The molecular formula is C25H20N2O2.